The summed E-state index contributed by atoms with van der Waals surface area (Å²) in [6.07, 6.45) is 1.30. The van der Waals surface area contributed by atoms with Crippen LogP contribution in [0.5, 0.6) is 0 Å². The highest BCUT2D eigenvalue weighted by Gasteiger charge is 2.39. The number of aromatic nitrogens is 2. The molecule has 1 atom stereocenters. The molecule has 1 saturated heterocycles. The normalized spacial score (nSPS) is 24.2. The summed E-state index contributed by atoms with van der Waals surface area (Å²) >= 11 is 0. The Balaban J connectivity index is 1.51. The van der Waals surface area contributed by atoms with E-state index < -0.39 is 40.6 Å². The van der Waals surface area contributed by atoms with Crippen LogP contribution in [0.1, 0.15) is 90.5 Å². The third kappa shape index (κ3) is 4.48. The first-order valence-corrected chi connectivity index (χ1v) is 12.7. The number of carbonyl (C=O) groups excluding carboxylic acids is 1. The number of nitrogens with zero attached hydrogens (tertiary/aromatic N) is 3. The highest BCUT2D eigenvalue weighted by atomic mass is 19.4. The van der Waals surface area contributed by atoms with Crippen LogP contribution in [0.4, 0.5) is 13.2 Å². The van der Waals surface area contributed by atoms with Crippen molar-refractivity contribution in [3.05, 3.63) is 67.5 Å². The third-order valence-corrected chi connectivity index (χ3v) is 8.09. The van der Waals surface area contributed by atoms with Gasteiger partial charge in [0, 0.05) is 31.2 Å². The number of halogens is 3. The van der Waals surface area contributed by atoms with Gasteiger partial charge >= 0.3 is 17.8 Å². The van der Waals surface area contributed by atoms with Crippen LogP contribution in [0, 0.1) is 0 Å². The Morgan fingerprint density at radius 3 is 2.30 bits per heavy atom. The number of hydrogen-bond acceptors (Lipinski definition) is 4. The van der Waals surface area contributed by atoms with Crippen molar-refractivity contribution in [3.8, 4) is 0 Å². The lowest BCUT2D eigenvalue weighted by Crippen LogP contribution is -2.48. The van der Waals surface area contributed by atoms with Gasteiger partial charge in [-0.25, -0.2) is 9.59 Å². The first kappa shape index (κ1) is 25.3. The Morgan fingerprint density at radius 2 is 1.65 bits per heavy atom. The second kappa shape index (κ2) is 9.50. The van der Waals surface area contributed by atoms with Gasteiger partial charge in [0.15, 0.2) is 0 Å². The molecule has 0 bridgehead atoms. The van der Waals surface area contributed by atoms with Crippen LogP contribution in [0.2, 0.25) is 0 Å². The second-order valence-corrected chi connectivity index (χ2v) is 10.1. The first-order chi connectivity index (χ1) is 17.6. The Morgan fingerprint density at radius 1 is 0.946 bits per heavy atom. The van der Waals surface area contributed by atoms with Gasteiger partial charge in [0.2, 0.25) is 5.91 Å². The highest BCUT2D eigenvalue weighted by Crippen LogP contribution is 2.41. The molecule has 2 fully saturated rings. The zero-order chi connectivity index (χ0) is 26.5. The van der Waals surface area contributed by atoms with E-state index in [1.807, 2.05) is 4.90 Å². The molecular formula is C26H28F3N3O5. The van der Waals surface area contributed by atoms with Crippen LogP contribution in [0.25, 0.3) is 0 Å². The van der Waals surface area contributed by atoms with Gasteiger partial charge < -0.3 is 10.0 Å². The minimum absolute atomic E-state index is 0.0217. The van der Waals surface area contributed by atoms with Crippen LogP contribution >= 0.6 is 0 Å². The molecule has 0 spiro atoms. The fraction of sp³-hybridized carbons (Fsp3) is 0.538. The summed E-state index contributed by atoms with van der Waals surface area (Å²) in [6.45, 7) is 0.711. The van der Waals surface area contributed by atoms with Gasteiger partial charge in [-0.2, -0.15) is 13.2 Å². The maximum atomic E-state index is 13.6. The van der Waals surface area contributed by atoms with E-state index >= 15 is 0 Å². The number of piperidine rings is 1. The number of carboxylic acid groups (broad SMARTS) is 1. The molecule has 1 aromatic carbocycles. The molecule has 1 aromatic heterocycles. The van der Waals surface area contributed by atoms with Crippen molar-refractivity contribution >= 4 is 11.9 Å². The van der Waals surface area contributed by atoms with E-state index in [1.165, 1.54) is 16.7 Å². The molecular weight excluding hydrogens is 491 g/mol. The number of fused-ring (bicyclic) bond motifs is 1. The number of alkyl halides is 3. The quantitative estimate of drug-likeness (QED) is 0.663. The number of likely N-dealkylation sites (tertiary alicyclic amines) is 1. The minimum atomic E-state index is -4.58. The molecule has 2 aliphatic carbocycles. The maximum absolute atomic E-state index is 13.6. The van der Waals surface area contributed by atoms with E-state index in [4.69, 9.17) is 0 Å². The molecule has 1 saturated carbocycles. The van der Waals surface area contributed by atoms with Crippen molar-refractivity contribution in [1.29, 1.82) is 0 Å². The fourth-order valence-electron chi connectivity index (χ4n) is 6.30. The number of amides is 1. The Hall–Kier alpha value is -3.37. The molecule has 11 heteroatoms. The van der Waals surface area contributed by atoms with Crippen molar-refractivity contribution in [3.63, 3.8) is 0 Å². The van der Waals surface area contributed by atoms with E-state index in [2.05, 4.69) is 0 Å². The van der Waals surface area contributed by atoms with Crippen LogP contribution in [-0.4, -0.2) is 43.6 Å². The lowest BCUT2D eigenvalue weighted by molar-refractivity contribution is -0.138. The molecule has 2 aromatic rings. The molecule has 1 N–H and O–H groups in total. The van der Waals surface area contributed by atoms with Gasteiger partial charge in [-0.1, -0.05) is 12.1 Å². The van der Waals surface area contributed by atoms with Crippen LogP contribution < -0.4 is 11.2 Å². The largest absolute Gasteiger partial charge is 0.477 e. The van der Waals surface area contributed by atoms with Gasteiger partial charge in [-0.15, -0.1) is 0 Å². The molecule has 37 heavy (non-hydrogen) atoms. The Kier molecular flexibility index (Phi) is 6.49. The van der Waals surface area contributed by atoms with Crippen LogP contribution in [-0.2, 0) is 17.4 Å². The monoisotopic (exact) mass is 519 g/mol. The van der Waals surface area contributed by atoms with Crippen molar-refractivity contribution in [1.82, 2.24) is 14.0 Å². The van der Waals surface area contributed by atoms with Crippen molar-refractivity contribution in [2.75, 3.05) is 6.54 Å². The molecule has 2 heterocycles. The zero-order valence-electron chi connectivity index (χ0n) is 20.2. The van der Waals surface area contributed by atoms with Crippen molar-refractivity contribution in [2.24, 2.45) is 0 Å². The SMILES string of the molecule is O=C(O)c1cn([C@H]2CC[C@H](N3CCCCC3=O)CC2)c(=O)n([C@@H]2CCc3c2cccc3C(F)(F)F)c1=O. The number of rotatable bonds is 4. The van der Waals surface area contributed by atoms with Gasteiger partial charge in [0.05, 0.1) is 11.6 Å². The summed E-state index contributed by atoms with van der Waals surface area (Å²) in [5.41, 5.74) is -2.88. The molecule has 0 unspecified atom stereocenters. The summed E-state index contributed by atoms with van der Waals surface area (Å²) in [5.74, 6) is -1.37. The van der Waals surface area contributed by atoms with E-state index in [-0.39, 0.29) is 42.0 Å². The number of benzene rings is 1. The van der Waals surface area contributed by atoms with E-state index in [0.717, 1.165) is 29.7 Å². The number of carbonyl (C=O) groups is 2. The molecule has 0 radical (unpaired) electrons. The van der Waals surface area contributed by atoms with Crippen molar-refractivity contribution in [2.45, 2.75) is 82.1 Å². The number of hydrogen-bond donors (Lipinski definition) is 1. The van der Waals surface area contributed by atoms with E-state index in [1.54, 1.807) is 0 Å². The average Bonchev–Trinajstić information content (AvgIpc) is 3.28. The Labute approximate surface area is 210 Å². The topological polar surface area (TPSA) is 102 Å². The molecule has 198 valence electrons. The standard InChI is InChI=1S/C26H28F3N3O5/c27-26(28,29)20-5-3-4-18-17(20)11-12-21(18)32-23(34)19(24(35)36)14-31(25(32)37)16-9-7-15(8-10-16)30-13-2-1-6-22(30)33/h3-5,14-16,21H,1-2,6-13H2,(H,35,36)/t15-,16-,21-/m1/s1. The first-order valence-electron chi connectivity index (χ1n) is 12.7. The van der Waals surface area contributed by atoms with E-state index in [9.17, 15) is 37.5 Å². The van der Waals surface area contributed by atoms with E-state index in [0.29, 0.717) is 38.6 Å². The summed E-state index contributed by atoms with van der Waals surface area (Å²) in [5, 5.41) is 9.71. The second-order valence-electron chi connectivity index (χ2n) is 10.1. The van der Waals surface area contributed by atoms with Gasteiger partial charge in [0.1, 0.15) is 5.56 Å². The molecule has 5 rings (SSSR count). The smallest absolute Gasteiger partial charge is 0.416 e. The maximum Gasteiger partial charge on any atom is 0.416 e. The lowest BCUT2D eigenvalue weighted by Gasteiger charge is -2.39. The summed E-state index contributed by atoms with van der Waals surface area (Å²) in [6, 6.07) is 2.38. The summed E-state index contributed by atoms with van der Waals surface area (Å²) in [4.78, 5) is 52.9. The molecule has 1 aliphatic heterocycles. The Bertz CT molecular complexity index is 1350. The van der Waals surface area contributed by atoms with Gasteiger partial charge in [-0.05, 0) is 68.6 Å². The average molecular weight is 520 g/mol. The van der Waals surface area contributed by atoms with Crippen molar-refractivity contribution < 1.29 is 27.9 Å². The highest BCUT2D eigenvalue weighted by molar-refractivity contribution is 5.86. The predicted octanol–water partition coefficient (Wildman–Crippen LogP) is 3.76. The molecule has 1 amide bonds. The third-order valence-electron chi connectivity index (χ3n) is 8.09. The summed E-state index contributed by atoms with van der Waals surface area (Å²) in [7, 11) is 0. The predicted molar refractivity (Wildman–Crippen MR) is 127 cm³/mol. The minimum Gasteiger partial charge on any atom is -0.477 e. The zero-order valence-corrected chi connectivity index (χ0v) is 20.2. The molecule has 3 aliphatic rings. The number of aromatic carboxylic acids is 1. The van der Waals surface area contributed by atoms with Gasteiger partial charge in [0.25, 0.3) is 5.56 Å². The fourth-order valence-corrected chi connectivity index (χ4v) is 6.30. The number of carboxylic acids is 1. The van der Waals surface area contributed by atoms with Gasteiger partial charge in [-0.3, -0.25) is 18.7 Å². The van der Waals surface area contributed by atoms with Crippen LogP contribution in [0.15, 0.2) is 34.0 Å². The summed E-state index contributed by atoms with van der Waals surface area (Å²) < 4.78 is 42.8. The van der Waals surface area contributed by atoms with Crippen LogP contribution in [0.3, 0.4) is 0 Å². The molecule has 8 nitrogen and oxygen atoms in total. The lowest BCUT2D eigenvalue weighted by atomic mass is 9.89.